The van der Waals surface area contributed by atoms with E-state index >= 15 is 0 Å². The van der Waals surface area contributed by atoms with E-state index in [-0.39, 0.29) is 0 Å². The van der Waals surface area contributed by atoms with Crippen molar-refractivity contribution < 1.29 is 9.47 Å². The molecule has 3 nitrogen and oxygen atoms in total. The number of ether oxygens (including phenoxy) is 2. The van der Waals surface area contributed by atoms with Crippen molar-refractivity contribution in [2.75, 3.05) is 7.11 Å². The largest absolute Gasteiger partial charge is 0.491 e. The molecule has 14 heavy (non-hydrogen) atoms. The van der Waals surface area contributed by atoms with Gasteiger partial charge in [0.2, 0.25) is 0 Å². The third-order valence-corrected chi connectivity index (χ3v) is 2.35. The van der Waals surface area contributed by atoms with E-state index in [0.717, 1.165) is 36.3 Å². The molecule has 0 aromatic carbocycles. The first-order valence-electron chi connectivity index (χ1n) is 5.02. The first-order valence-corrected chi connectivity index (χ1v) is 5.02. The van der Waals surface area contributed by atoms with Gasteiger partial charge in [-0.1, -0.05) is 6.92 Å². The lowest BCUT2D eigenvalue weighted by molar-refractivity contribution is 0.278. The van der Waals surface area contributed by atoms with Crippen LogP contribution in [0, 0.1) is 0 Å². The van der Waals surface area contributed by atoms with Crippen LogP contribution in [-0.4, -0.2) is 18.2 Å². The van der Waals surface area contributed by atoms with Gasteiger partial charge in [-0.05, 0) is 19.3 Å². The molecule has 2 rings (SSSR count). The Balaban J connectivity index is 2.29. The van der Waals surface area contributed by atoms with Crippen LogP contribution < -0.4 is 9.47 Å². The van der Waals surface area contributed by atoms with Gasteiger partial charge in [0, 0.05) is 11.8 Å². The topological polar surface area (TPSA) is 31.4 Å². The molecule has 1 aromatic rings. The predicted molar refractivity (Wildman–Crippen MR) is 53.8 cm³/mol. The maximum Gasteiger partial charge on any atom is 0.179 e. The molecule has 0 spiro atoms. The van der Waals surface area contributed by atoms with E-state index < -0.39 is 0 Å². The molecule has 0 atom stereocenters. The molecule has 3 heteroatoms. The number of rotatable bonds is 4. The van der Waals surface area contributed by atoms with Crippen LogP contribution in [0.15, 0.2) is 12.4 Å². The number of hydrogen-bond acceptors (Lipinski definition) is 3. The van der Waals surface area contributed by atoms with E-state index in [0.29, 0.717) is 6.10 Å². The quantitative estimate of drug-likeness (QED) is 0.734. The van der Waals surface area contributed by atoms with Crippen molar-refractivity contribution in [3.05, 3.63) is 18.0 Å². The summed E-state index contributed by atoms with van der Waals surface area (Å²) in [7, 11) is 1.65. The standard InChI is InChI=1S/C11H15NO2/c1-3-8-6-12-7-10(13-2)11(8)14-9-4-5-9/h6-7,9H,3-5H2,1-2H3. The summed E-state index contributed by atoms with van der Waals surface area (Å²) in [6.45, 7) is 2.09. The molecule has 1 heterocycles. The van der Waals surface area contributed by atoms with Crippen LogP contribution in [0.3, 0.4) is 0 Å². The molecule has 76 valence electrons. The van der Waals surface area contributed by atoms with E-state index in [1.165, 1.54) is 0 Å². The number of nitrogens with zero attached hydrogens (tertiary/aromatic N) is 1. The van der Waals surface area contributed by atoms with Crippen LogP contribution in [0.4, 0.5) is 0 Å². The summed E-state index contributed by atoms with van der Waals surface area (Å²) in [4.78, 5) is 4.11. The van der Waals surface area contributed by atoms with Crippen molar-refractivity contribution in [1.29, 1.82) is 0 Å². The van der Waals surface area contributed by atoms with Crippen molar-refractivity contribution in [1.82, 2.24) is 4.98 Å². The van der Waals surface area contributed by atoms with Crippen molar-refractivity contribution in [3.8, 4) is 11.5 Å². The first kappa shape index (κ1) is 9.31. The second-order valence-corrected chi connectivity index (χ2v) is 3.50. The van der Waals surface area contributed by atoms with Crippen LogP contribution in [-0.2, 0) is 6.42 Å². The Kier molecular flexibility index (Phi) is 2.57. The number of pyridine rings is 1. The molecule has 0 amide bonds. The van der Waals surface area contributed by atoms with Crippen molar-refractivity contribution in [2.24, 2.45) is 0 Å². The van der Waals surface area contributed by atoms with Gasteiger partial charge < -0.3 is 9.47 Å². The van der Waals surface area contributed by atoms with E-state index in [4.69, 9.17) is 9.47 Å². The molecule has 1 aromatic heterocycles. The van der Waals surface area contributed by atoms with Gasteiger partial charge in [0.05, 0.1) is 19.4 Å². The molecule has 0 unspecified atom stereocenters. The van der Waals surface area contributed by atoms with Crippen molar-refractivity contribution in [3.63, 3.8) is 0 Å². The molecule has 0 saturated heterocycles. The average molecular weight is 193 g/mol. The third-order valence-electron chi connectivity index (χ3n) is 2.35. The van der Waals surface area contributed by atoms with Crippen LogP contribution in [0.2, 0.25) is 0 Å². The van der Waals surface area contributed by atoms with Crippen LogP contribution >= 0.6 is 0 Å². The smallest absolute Gasteiger partial charge is 0.179 e. The van der Waals surface area contributed by atoms with Crippen LogP contribution in [0.25, 0.3) is 0 Å². The number of methoxy groups -OCH3 is 1. The Labute approximate surface area is 84.1 Å². The minimum Gasteiger partial charge on any atom is -0.491 e. The van der Waals surface area contributed by atoms with Crippen LogP contribution in [0.5, 0.6) is 11.5 Å². The Hall–Kier alpha value is -1.25. The minimum absolute atomic E-state index is 0.400. The van der Waals surface area contributed by atoms with Gasteiger partial charge >= 0.3 is 0 Å². The molecule has 1 saturated carbocycles. The van der Waals surface area contributed by atoms with Gasteiger partial charge in [0.25, 0.3) is 0 Å². The molecule has 0 N–H and O–H groups in total. The second-order valence-electron chi connectivity index (χ2n) is 3.50. The summed E-state index contributed by atoms with van der Waals surface area (Å²) in [5.74, 6) is 1.63. The summed E-state index contributed by atoms with van der Waals surface area (Å²) in [5, 5.41) is 0. The molecule has 0 aliphatic heterocycles. The molecular formula is C11H15NO2. The molecule has 1 fully saturated rings. The summed E-state index contributed by atoms with van der Waals surface area (Å²) < 4.78 is 11.0. The highest BCUT2D eigenvalue weighted by atomic mass is 16.5. The van der Waals surface area contributed by atoms with Crippen molar-refractivity contribution in [2.45, 2.75) is 32.3 Å². The number of aryl methyl sites for hydroxylation is 1. The van der Waals surface area contributed by atoms with E-state index in [9.17, 15) is 0 Å². The van der Waals surface area contributed by atoms with E-state index in [1.807, 2.05) is 6.20 Å². The number of aromatic nitrogens is 1. The van der Waals surface area contributed by atoms with Gasteiger partial charge in [-0.15, -0.1) is 0 Å². The first-order chi connectivity index (χ1) is 6.85. The zero-order valence-electron chi connectivity index (χ0n) is 8.62. The lowest BCUT2D eigenvalue weighted by atomic mass is 10.2. The monoisotopic (exact) mass is 193 g/mol. The highest BCUT2D eigenvalue weighted by Crippen LogP contribution is 2.35. The van der Waals surface area contributed by atoms with Gasteiger partial charge in [0.15, 0.2) is 11.5 Å². The summed E-state index contributed by atoms with van der Waals surface area (Å²) in [6, 6.07) is 0. The lowest BCUT2D eigenvalue weighted by Crippen LogP contribution is -2.02. The Bertz CT molecular complexity index is 299. The molecule has 0 radical (unpaired) electrons. The summed E-state index contributed by atoms with van der Waals surface area (Å²) in [5.41, 5.74) is 1.12. The maximum absolute atomic E-state index is 5.80. The van der Waals surface area contributed by atoms with Gasteiger partial charge in [0.1, 0.15) is 0 Å². The maximum atomic E-state index is 5.80. The Morgan fingerprint density at radius 3 is 2.79 bits per heavy atom. The highest BCUT2D eigenvalue weighted by Gasteiger charge is 2.26. The second kappa shape index (κ2) is 3.86. The Morgan fingerprint density at radius 2 is 2.21 bits per heavy atom. The average Bonchev–Trinajstić information content (AvgIpc) is 3.02. The van der Waals surface area contributed by atoms with Gasteiger partial charge in [-0.25, -0.2) is 0 Å². The minimum atomic E-state index is 0.400. The van der Waals surface area contributed by atoms with Gasteiger partial charge in [-0.3, -0.25) is 4.98 Å². The summed E-state index contributed by atoms with van der Waals surface area (Å²) in [6.07, 6.45) is 7.20. The lowest BCUT2D eigenvalue weighted by Gasteiger charge is -2.12. The molecular weight excluding hydrogens is 178 g/mol. The third kappa shape index (κ3) is 1.81. The highest BCUT2D eigenvalue weighted by molar-refractivity contribution is 5.44. The van der Waals surface area contributed by atoms with Crippen molar-refractivity contribution >= 4 is 0 Å². The van der Waals surface area contributed by atoms with Crippen LogP contribution in [0.1, 0.15) is 25.3 Å². The fourth-order valence-corrected chi connectivity index (χ4v) is 1.35. The zero-order chi connectivity index (χ0) is 9.97. The Morgan fingerprint density at radius 1 is 1.43 bits per heavy atom. The SMILES string of the molecule is CCc1cncc(OC)c1OC1CC1. The van der Waals surface area contributed by atoms with E-state index in [1.54, 1.807) is 13.3 Å². The fraction of sp³-hybridized carbons (Fsp3) is 0.545. The number of hydrogen-bond donors (Lipinski definition) is 0. The molecule has 1 aliphatic rings. The normalized spacial score (nSPS) is 15.3. The van der Waals surface area contributed by atoms with Gasteiger partial charge in [-0.2, -0.15) is 0 Å². The zero-order valence-corrected chi connectivity index (χ0v) is 8.62. The molecule has 1 aliphatic carbocycles. The molecule has 0 bridgehead atoms. The summed E-state index contributed by atoms with van der Waals surface area (Å²) >= 11 is 0. The fourth-order valence-electron chi connectivity index (χ4n) is 1.35. The van der Waals surface area contributed by atoms with E-state index in [2.05, 4.69) is 11.9 Å². The predicted octanol–water partition coefficient (Wildman–Crippen LogP) is 2.19.